The fourth-order valence-electron chi connectivity index (χ4n) is 2.40. The van der Waals surface area contributed by atoms with E-state index in [-0.39, 0.29) is 17.5 Å². The lowest BCUT2D eigenvalue weighted by atomic mass is 10.4. The SMILES string of the molecule is [C-]#[N+]c1cnn(-c2nc(=O)[nH]c(=O)[nH]2)c1N=Nc1c(C)[nH]n2c(C)nnc12. The first-order valence-corrected chi connectivity index (χ1v) is 7.46. The first-order valence-electron chi connectivity index (χ1n) is 7.46. The zero-order valence-electron chi connectivity index (χ0n) is 13.9. The number of azo groups is 1. The van der Waals surface area contributed by atoms with Crippen molar-refractivity contribution in [2.45, 2.75) is 13.8 Å². The van der Waals surface area contributed by atoms with Crippen LogP contribution in [0.5, 0.6) is 0 Å². The second kappa shape index (κ2) is 5.84. The number of hydrogen-bond donors (Lipinski definition) is 3. The van der Waals surface area contributed by atoms with E-state index >= 15 is 0 Å². The Morgan fingerprint density at radius 1 is 1.19 bits per heavy atom. The van der Waals surface area contributed by atoms with Gasteiger partial charge in [-0.2, -0.15) is 14.8 Å². The fourth-order valence-corrected chi connectivity index (χ4v) is 2.40. The number of hydrogen-bond acceptors (Lipinski definition) is 8. The zero-order chi connectivity index (χ0) is 19.1. The van der Waals surface area contributed by atoms with Crippen LogP contribution in [0.1, 0.15) is 11.5 Å². The van der Waals surface area contributed by atoms with E-state index in [9.17, 15) is 9.59 Å². The second-order valence-corrected chi connectivity index (χ2v) is 5.39. The summed E-state index contributed by atoms with van der Waals surface area (Å²) in [4.78, 5) is 34.1. The third-order valence-corrected chi connectivity index (χ3v) is 3.62. The number of aromatic amines is 3. The van der Waals surface area contributed by atoms with Crippen LogP contribution < -0.4 is 11.4 Å². The molecule has 0 fully saturated rings. The topological polar surface area (TPSA) is 171 Å². The maximum Gasteiger partial charge on any atom is 0.352 e. The standard InChI is InChI=1S/C13H10N12O2/c1-5-8(10-22-19-6(2)24(10)23-5)20-21-9-7(14-3)4-15-25(9)11-16-12(26)18-13(27)17-11/h4,23H,1-2H3,(H2,16,17,18,26,27). The van der Waals surface area contributed by atoms with E-state index in [0.717, 1.165) is 4.68 Å². The number of aromatic nitrogens is 9. The van der Waals surface area contributed by atoms with Gasteiger partial charge >= 0.3 is 11.4 Å². The quantitative estimate of drug-likeness (QED) is 0.354. The average Bonchev–Trinajstić information content (AvgIpc) is 3.27. The minimum Gasteiger partial charge on any atom is -0.293 e. The van der Waals surface area contributed by atoms with Crippen LogP contribution in [-0.4, -0.2) is 44.5 Å². The van der Waals surface area contributed by atoms with Crippen molar-refractivity contribution >= 4 is 22.8 Å². The molecule has 14 nitrogen and oxygen atoms in total. The van der Waals surface area contributed by atoms with Gasteiger partial charge in [-0.1, -0.05) is 0 Å². The summed E-state index contributed by atoms with van der Waals surface area (Å²) in [6.45, 7) is 10.8. The Kier molecular flexibility index (Phi) is 3.48. The Hall–Kier alpha value is -4.41. The molecule has 0 aliphatic heterocycles. The van der Waals surface area contributed by atoms with Gasteiger partial charge in [0.15, 0.2) is 11.5 Å². The molecule has 0 radical (unpaired) electrons. The Morgan fingerprint density at radius 3 is 2.74 bits per heavy atom. The molecule has 4 heterocycles. The summed E-state index contributed by atoms with van der Waals surface area (Å²) >= 11 is 0. The van der Waals surface area contributed by atoms with Gasteiger partial charge in [-0.3, -0.25) is 15.1 Å². The molecular formula is C13H10N12O2. The number of nitrogens with zero attached hydrogens (tertiary/aromatic N) is 9. The number of aryl methyl sites for hydroxylation is 2. The third kappa shape index (κ3) is 2.59. The first-order chi connectivity index (χ1) is 13.0. The highest BCUT2D eigenvalue weighted by atomic mass is 16.2. The molecule has 0 atom stereocenters. The van der Waals surface area contributed by atoms with Gasteiger partial charge in [-0.15, -0.1) is 20.4 Å². The van der Waals surface area contributed by atoms with Crippen LogP contribution in [0.2, 0.25) is 0 Å². The Bertz CT molecular complexity index is 1330. The van der Waals surface area contributed by atoms with Crippen LogP contribution in [0.15, 0.2) is 26.0 Å². The number of fused-ring (bicyclic) bond motifs is 1. The number of nitrogens with one attached hydrogen (secondary N) is 3. The lowest BCUT2D eigenvalue weighted by molar-refractivity contribution is 0.766. The van der Waals surface area contributed by atoms with E-state index in [1.165, 1.54) is 6.20 Å². The van der Waals surface area contributed by atoms with E-state index in [1.54, 1.807) is 18.4 Å². The smallest absolute Gasteiger partial charge is 0.293 e. The van der Waals surface area contributed by atoms with Crippen LogP contribution in [0.4, 0.5) is 17.2 Å². The lowest BCUT2D eigenvalue weighted by Crippen LogP contribution is -2.27. The summed E-state index contributed by atoms with van der Waals surface area (Å²) in [5, 5.41) is 23.2. The molecule has 0 unspecified atom stereocenters. The maximum absolute atomic E-state index is 11.5. The Morgan fingerprint density at radius 2 is 2.00 bits per heavy atom. The molecule has 4 aromatic heterocycles. The van der Waals surface area contributed by atoms with Gasteiger partial charge in [0, 0.05) is 0 Å². The van der Waals surface area contributed by atoms with Crippen molar-refractivity contribution in [1.82, 2.24) is 44.5 Å². The molecule has 0 saturated heterocycles. The number of rotatable bonds is 3. The van der Waals surface area contributed by atoms with Crippen LogP contribution in [-0.2, 0) is 0 Å². The molecule has 0 aliphatic rings. The highest BCUT2D eigenvalue weighted by molar-refractivity contribution is 5.67. The van der Waals surface area contributed by atoms with E-state index in [4.69, 9.17) is 6.57 Å². The third-order valence-electron chi connectivity index (χ3n) is 3.62. The summed E-state index contributed by atoms with van der Waals surface area (Å²) in [5.41, 5.74) is 0.000377. The van der Waals surface area contributed by atoms with Crippen LogP contribution in [0, 0.1) is 20.4 Å². The minimum absolute atomic E-state index is 0.00580. The molecule has 3 N–H and O–H groups in total. The second-order valence-electron chi connectivity index (χ2n) is 5.39. The Balaban J connectivity index is 1.86. The van der Waals surface area contributed by atoms with Crippen LogP contribution in [0.25, 0.3) is 16.4 Å². The normalized spacial score (nSPS) is 11.4. The molecule has 27 heavy (non-hydrogen) atoms. The zero-order valence-corrected chi connectivity index (χ0v) is 13.9. The molecule has 0 spiro atoms. The van der Waals surface area contributed by atoms with Crippen molar-refractivity contribution < 1.29 is 0 Å². The van der Waals surface area contributed by atoms with Crippen molar-refractivity contribution in [3.05, 3.63) is 50.1 Å². The van der Waals surface area contributed by atoms with E-state index in [0.29, 0.717) is 22.9 Å². The minimum atomic E-state index is -0.862. The molecule has 0 amide bonds. The molecular weight excluding hydrogens is 356 g/mol. The van der Waals surface area contributed by atoms with Crippen LogP contribution in [0.3, 0.4) is 0 Å². The number of H-pyrrole nitrogens is 3. The summed E-state index contributed by atoms with van der Waals surface area (Å²) in [5.74, 6) is 0.447. The maximum atomic E-state index is 11.5. The summed E-state index contributed by atoms with van der Waals surface area (Å²) in [7, 11) is 0. The van der Waals surface area contributed by atoms with Gasteiger partial charge in [0.05, 0.1) is 18.5 Å². The van der Waals surface area contributed by atoms with Gasteiger partial charge in [0.2, 0.25) is 11.6 Å². The van der Waals surface area contributed by atoms with Crippen molar-refractivity contribution in [3.63, 3.8) is 0 Å². The molecule has 4 aromatic rings. The molecule has 4 rings (SSSR count). The fraction of sp³-hybridized carbons (Fsp3) is 0.154. The molecule has 134 valence electrons. The van der Waals surface area contributed by atoms with E-state index in [1.807, 2.05) is 4.98 Å². The van der Waals surface area contributed by atoms with Gasteiger partial charge in [0.25, 0.3) is 5.69 Å². The summed E-state index contributed by atoms with van der Waals surface area (Å²) in [6, 6.07) is 0. The molecule has 0 bridgehead atoms. The predicted octanol–water partition coefficient (Wildman–Crippen LogP) is 0.598. The average molecular weight is 366 g/mol. The lowest BCUT2D eigenvalue weighted by Gasteiger charge is -2.01. The first kappa shape index (κ1) is 16.1. The summed E-state index contributed by atoms with van der Waals surface area (Å²) in [6.07, 6.45) is 1.23. The molecule has 0 aliphatic carbocycles. The monoisotopic (exact) mass is 366 g/mol. The van der Waals surface area contributed by atoms with Crippen molar-refractivity contribution in [2.24, 2.45) is 10.2 Å². The summed E-state index contributed by atoms with van der Waals surface area (Å²) < 4.78 is 2.69. The largest absolute Gasteiger partial charge is 0.352 e. The van der Waals surface area contributed by atoms with Crippen LogP contribution >= 0.6 is 0 Å². The highest BCUT2D eigenvalue weighted by Gasteiger charge is 2.17. The van der Waals surface area contributed by atoms with Gasteiger partial charge in [0.1, 0.15) is 5.82 Å². The van der Waals surface area contributed by atoms with Gasteiger partial charge < -0.3 is 0 Å². The van der Waals surface area contributed by atoms with Gasteiger partial charge in [-0.05, 0) is 13.8 Å². The highest BCUT2D eigenvalue weighted by Crippen LogP contribution is 2.32. The molecule has 0 saturated carbocycles. The van der Waals surface area contributed by atoms with Crippen molar-refractivity contribution in [3.8, 4) is 5.95 Å². The molecule has 0 aromatic carbocycles. The predicted molar refractivity (Wildman–Crippen MR) is 89.9 cm³/mol. The van der Waals surface area contributed by atoms with Gasteiger partial charge in [-0.25, -0.2) is 18.9 Å². The van der Waals surface area contributed by atoms with Crippen molar-refractivity contribution in [2.75, 3.05) is 0 Å². The van der Waals surface area contributed by atoms with E-state index < -0.39 is 11.4 Å². The Labute approximate surface area is 148 Å². The van der Waals surface area contributed by atoms with Crippen molar-refractivity contribution in [1.29, 1.82) is 0 Å². The molecule has 14 heteroatoms. The van der Waals surface area contributed by atoms with E-state index in [2.05, 4.69) is 45.4 Å².